The number of benzene rings is 2. The maximum Gasteiger partial charge on any atom is 0.317 e. The molecule has 1 saturated heterocycles. The lowest BCUT2D eigenvalue weighted by Gasteiger charge is -2.36. The Balaban J connectivity index is 1.51. The zero-order valence-electron chi connectivity index (χ0n) is 18.3. The van der Waals surface area contributed by atoms with Crippen molar-refractivity contribution in [1.82, 2.24) is 15.5 Å². The van der Waals surface area contributed by atoms with E-state index in [1.165, 1.54) is 12.1 Å². The van der Waals surface area contributed by atoms with Gasteiger partial charge in [-0.3, -0.25) is 4.79 Å². The van der Waals surface area contributed by atoms with Crippen molar-refractivity contribution in [3.05, 3.63) is 58.9 Å². The largest absolute Gasteiger partial charge is 0.368 e. The third-order valence-electron chi connectivity index (χ3n) is 5.10. The Bertz CT molecular complexity index is 930. The minimum atomic E-state index is -0.291. The molecule has 172 valence electrons. The number of hydrogen-bond donors (Lipinski definition) is 3. The first-order valence-corrected chi connectivity index (χ1v) is 11.0. The Labute approximate surface area is 192 Å². The van der Waals surface area contributed by atoms with Crippen LogP contribution in [0.5, 0.6) is 0 Å². The summed E-state index contributed by atoms with van der Waals surface area (Å²) in [5.41, 5.74) is 2.37. The van der Waals surface area contributed by atoms with Crippen molar-refractivity contribution in [2.75, 3.05) is 42.9 Å². The second kappa shape index (κ2) is 11.2. The summed E-state index contributed by atoms with van der Waals surface area (Å²) in [5, 5.41) is 9.25. The number of carbonyl (C=O) groups is 2. The number of urea groups is 1. The van der Waals surface area contributed by atoms with Gasteiger partial charge in [0.05, 0.1) is 17.3 Å². The van der Waals surface area contributed by atoms with E-state index in [-0.39, 0.29) is 30.3 Å². The van der Waals surface area contributed by atoms with Gasteiger partial charge in [-0.2, -0.15) is 0 Å². The van der Waals surface area contributed by atoms with Crippen LogP contribution in [0.4, 0.5) is 20.6 Å². The minimum absolute atomic E-state index is 0.0446. The van der Waals surface area contributed by atoms with Crippen LogP contribution in [0.3, 0.4) is 0 Å². The van der Waals surface area contributed by atoms with Gasteiger partial charge in [-0.1, -0.05) is 23.7 Å². The number of halogens is 2. The standard InChI is InChI=1S/C23H29ClFN5O2/c1-16(2)27-23(32)30-11-9-29(10-12-30)19-7-8-20(24)21(13-19)28-22(31)15-26-14-17-3-5-18(25)6-4-17/h3-8,13,16,26H,9-12,14-15H2,1-2H3,(H,27,32)(H,28,31). The molecule has 2 aromatic rings. The molecule has 3 amide bonds. The van der Waals surface area contributed by atoms with E-state index in [4.69, 9.17) is 11.6 Å². The Kier molecular flexibility index (Phi) is 8.30. The number of nitrogens with one attached hydrogen (secondary N) is 3. The topological polar surface area (TPSA) is 76.7 Å². The van der Waals surface area contributed by atoms with Gasteiger partial charge in [0.15, 0.2) is 0 Å². The van der Waals surface area contributed by atoms with Gasteiger partial charge in [-0.15, -0.1) is 0 Å². The molecule has 0 saturated carbocycles. The van der Waals surface area contributed by atoms with Crippen LogP contribution < -0.4 is 20.9 Å². The molecule has 0 spiro atoms. The van der Waals surface area contributed by atoms with E-state index in [1.807, 2.05) is 30.9 Å². The number of rotatable bonds is 7. The Morgan fingerprint density at radius 1 is 1.06 bits per heavy atom. The van der Waals surface area contributed by atoms with Crippen LogP contribution in [-0.2, 0) is 11.3 Å². The molecule has 3 rings (SSSR count). The molecule has 2 aromatic carbocycles. The van der Waals surface area contributed by atoms with Crippen molar-refractivity contribution < 1.29 is 14.0 Å². The second-order valence-electron chi connectivity index (χ2n) is 8.02. The number of piperazine rings is 1. The molecule has 0 atom stereocenters. The lowest BCUT2D eigenvalue weighted by molar-refractivity contribution is -0.115. The van der Waals surface area contributed by atoms with Gasteiger partial charge in [0, 0.05) is 44.5 Å². The zero-order valence-corrected chi connectivity index (χ0v) is 19.1. The quantitative estimate of drug-likeness (QED) is 0.590. The first-order chi connectivity index (χ1) is 15.3. The maximum atomic E-state index is 13.0. The molecule has 0 radical (unpaired) electrons. The molecule has 1 aliphatic rings. The summed E-state index contributed by atoms with van der Waals surface area (Å²) in [6.07, 6.45) is 0. The SMILES string of the molecule is CC(C)NC(=O)N1CCN(c2ccc(Cl)c(NC(=O)CNCc3ccc(F)cc3)c2)CC1. The van der Waals surface area contributed by atoms with Crippen molar-refractivity contribution in [2.45, 2.75) is 26.4 Å². The monoisotopic (exact) mass is 461 g/mol. The molecule has 0 unspecified atom stereocenters. The summed E-state index contributed by atoms with van der Waals surface area (Å²) >= 11 is 6.29. The van der Waals surface area contributed by atoms with Gasteiger partial charge in [0.1, 0.15) is 5.82 Å². The van der Waals surface area contributed by atoms with Gasteiger partial charge < -0.3 is 25.8 Å². The fraction of sp³-hybridized carbons (Fsp3) is 0.391. The third-order valence-corrected chi connectivity index (χ3v) is 5.43. The highest BCUT2D eigenvalue weighted by Crippen LogP contribution is 2.28. The lowest BCUT2D eigenvalue weighted by Crippen LogP contribution is -2.52. The fourth-order valence-electron chi connectivity index (χ4n) is 3.43. The Morgan fingerprint density at radius 2 is 1.75 bits per heavy atom. The van der Waals surface area contributed by atoms with Crippen LogP contribution in [-0.4, -0.2) is 55.6 Å². The molecule has 1 heterocycles. The smallest absolute Gasteiger partial charge is 0.317 e. The molecule has 32 heavy (non-hydrogen) atoms. The fourth-order valence-corrected chi connectivity index (χ4v) is 3.59. The number of nitrogens with zero attached hydrogens (tertiary/aromatic N) is 2. The average molecular weight is 462 g/mol. The summed E-state index contributed by atoms with van der Waals surface area (Å²) in [6.45, 7) is 7.07. The molecule has 1 aliphatic heterocycles. The molecular formula is C23H29ClFN5O2. The van der Waals surface area contributed by atoms with Crippen LogP contribution in [0.2, 0.25) is 5.02 Å². The number of hydrogen-bond acceptors (Lipinski definition) is 4. The molecule has 1 fully saturated rings. The highest BCUT2D eigenvalue weighted by atomic mass is 35.5. The summed E-state index contributed by atoms with van der Waals surface area (Å²) in [5.74, 6) is -0.511. The van der Waals surface area contributed by atoms with Gasteiger partial charge >= 0.3 is 6.03 Å². The average Bonchev–Trinajstić information content (AvgIpc) is 2.76. The normalized spacial score (nSPS) is 13.9. The summed E-state index contributed by atoms with van der Waals surface area (Å²) in [6, 6.07) is 11.7. The van der Waals surface area contributed by atoms with Crippen LogP contribution >= 0.6 is 11.6 Å². The van der Waals surface area contributed by atoms with Gasteiger partial charge in [0.2, 0.25) is 5.91 Å². The van der Waals surface area contributed by atoms with Crippen LogP contribution in [0.1, 0.15) is 19.4 Å². The van der Waals surface area contributed by atoms with E-state index >= 15 is 0 Å². The minimum Gasteiger partial charge on any atom is -0.368 e. The van der Waals surface area contributed by atoms with Crippen LogP contribution in [0.25, 0.3) is 0 Å². The number of anilines is 2. The first-order valence-electron chi connectivity index (χ1n) is 10.7. The van der Waals surface area contributed by atoms with E-state index in [2.05, 4.69) is 20.9 Å². The molecule has 0 aliphatic carbocycles. The predicted octanol–water partition coefficient (Wildman–Crippen LogP) is 3.45. The van der Waals surface area contributed by atoms with E-state index in [0.29, 0.717) is 43.4 Å². The van der Waals surface area contributed by atoms with Gasteiger partial charge in [-0.05, 0) is 49.7 Å². The number of amides is 3. The van der Waals surface area contributed by atoms with Crippen LogP contribution in [0.15, 0.2) is 42.5 Å². The molecular weight excluding hydrogens is 433 g/mol. The third kappa shape index (κ3) is 6.83. The van der Waals surface area contributed by atoms with E-state index in [9.17, 15) is 14.0 Å². The van der Waals surface area contributed by atoms with E-state index in [1.54, 1.807) is 18.2 Å². The Hall–Kier alpha value is -2.84. The molecule has 0 aromatic heterocycles. The highest BCUT2D eigenvalue weighted by Gasteiger charge is 2.22. The van der Waals surface area contributed by atoms with E-state index in [0.717, 1.165) is 11.3 Å². The van der Waals surface area contributed by atoms with Crippen molar-refractivity contribution >= 4 is 34.9 Å². The van der Waals surface area contributed by atoms with Crippen molar-refractivity contribution in [1.29, 1.82) is 0 Å². The Morgan fingerprint density at radius 3 is 2.41 bits per heavy atom. The summed E-state index contributed by atoms with van der Waals surface area (Å²) in [7, 11) is 0. The molecule has 7 nitrogen and oxygen atoms in total. The second-order valence-corrected chi connectivity index (χ2v) is 8.43. The summed E-state index contributed by atoms with van der Waals surface area (Å²) in [4.78, 5) is 28.5. The predicted molar refractivity (Wildman–Crippen MR) is 126 cm³/mol. The van der Waals surface area contributed by atoms with Gasteiger partial charge in [-0.25, -0.2) is 9.18 Å². The van der Waals surface area contributed by atoms with Crippen molar-refractivity contribution in [3.63, 3.8) is 0 Å². The van der Waals surface area contributed by atoms with Crippen molar-refractivity contribution in [3.8, 4) is 0 Å². The van der Waals surface area contributed by atoms with Gasteiger partial charge in [0.25, 0.3) is 0 Å². The molecule has 9 heteroatoms. The molecule has 0 bridgehead atoms. The number of carbonyl (C=O) groups excluding carboxylic acids is 2. The lowest BCUT2D eigenvalue weighted by atomic mass is 10.2. The van der Waals surface area contributed by atoms with Crippen molar-refractivity contribution in [2.24, 2.45) is 0 Å². The zero-order chi connectivity index (χ0) is 23.1. The maximum absolute atomic E-state index is 13.0. The summed E-state index contributed by atoms with van der Waals surface area (Å²) < 4.78 is 13.0. The highest BCUT2D eigenvalue weighted by molar-refractivity contribution is 6.33. The van der Waals surface area contributed by atoms with Crippen LogP contribution in [0, 0.1) is 5.82 Å². The first kappa shape index (κ1) is 23.8. The molecule has 3 N–H and O–H groups in total. The van der Waals surface area contributed by atoms with E-state index < -0.39 is 0 Å².